The molecular formula is C30H23N5O4S2. The van der Waals surface area contributed by atoms with Crippen LogP contribution in [0.15, 0.2) is 119 Å². The Morgan fingerprint density at radius 3 is 2.15 bits per heavy atom. The molecule has 0 saturated heterocycles. The Labute approximate surface area is 243 Å². The van der Waals surface area contributed by atoms with Gasteiger partial charge >= 0.3 is 6.03 Å². The molecule has 41 heavy (non-hydrogen) atoms. The number of anilines is 3. The first-order valence-electron chi connectivity index (χ1n) is 12.4. The number of non-ortho nitro benzene ring substituents is 1. The third kappa shape index (κ3) is 7.35. The summed E-state index contributed by atoms with van der Waals surface area (Å²) < 4.78 is 0. The van der Waals surface area contributed by atoms with Crippen molar-refractivity contribution in [2.45, 2.75) is 10.1 Å². The number of benzene rings is 4. The Balaban J connectivity index is 1.27. The first kappa shape index (κ1) is 27.6. The molecule has 11 heteroatoms. The normalized spacial score (nSPS) is 11.3. The Bertz CT molecular complexity index is 1660. The minimum Gasteiger partial charge on any atom is -0.308 e. The van der Waals surface area contributed by atoms with E-state index in [-0.39, 0.29) is 17.6 Å². The van der Waals surface area contributed by atoms with Gasteiger partial charge < -0.3 is 16.0 Å². The van der Waals surface area contributed by atoms with Gasteiger partial charge in [-0.25, -0.2) is 9.78 Å². The number of nitro benzene ring substituents is 1. The zero-order chi connectivity index (χ0) is 28.6. The number of hydrogen-bond acceptors (Lipinski definition) is 7. The van der Waals surface area contributed by atoms with Gasteiger partial charge in [0.25, 0.3) is 5.69 Å². The monoisotopic (exact) mass is 581 g/mol. The van der Waals surface area contributed by atoms with Gasteiger partial charge in [-0.05, 0) is 42.0 Å². The van der Waals surface area contributed by atoms with E-state index in [1.807, 2.05) is 60.7 Å². The molecule has 1 heterocycles. The average molecular weight is 582 g/mol. The standard InChI is InChI=1S/C30H23N5O4S2/c36-28(34-30-33-26(19-40-30)21-10-7-13-24(18-21)35(38)39)27(20-8-3-1-4-9-20)41-25-16-14-23(15-17-25)32-29(37)31-22-11-5-2-6-12-22/h1-19,27H,(H2,31,32,37)(H,33,34,36). The predicted molar refractivity (Wildman–Crippen MR) is 163 cm³/mol. The molecule has 0 saturated carbocycles. The van der Waals surface area contributed by atoms with Gasteiger partial charge in [0.05, 0.1) is 10.6 Å². The van der Waals surface area contributed by atoms with Gasteiger partial charge in [-0.1, -0.05) is 60.7 Å². The van der Waals surface area contributed by atoms with Crippen LogP contribution in [-0.4, -0.2) is 21.8 Å². The molecule has 0 spiro atoms. The largest absolute Gasteiger partial charge is 0.323 e. The maximum atomic E-state index is 13.5. The molecule has 5 rings (SSSR count). The number of nitrogens with zero attached hydrogens (tertiary/aromatic N) is 2. The molecule has 0 aliphatic carbocycles. The molecule has 0 bridgehead atoms. The maximum absolute atomic E-state index is 13.5. The molecule has 5 aromatic rings. The van der Waals surface area contributed by atoms with E-state index in [1.54, 1.807) is 41.8 Å². The number of thioether (sulfide) groups is 1. The topological polar surface area (TPSA) is 126 Å². The van der Waals surface area contributed by atoms with E-state index < -0.39 is 10.2 Å². The van der Waals surface area contributed by atoms with E-state index in [1.165, 1.54) is 35.2 Å². The van der Waals surface area contributed by atoms with Crippen molar-refractivity contribution in [3.05, 3.63) is 130 Å². The van der Waals surface area contributed by atoms with Gasteiger partial charge in [0.2, 0.25) is 5.91 Å². The zero-order valence-electron chi connectivity index (χ0n) is 21.4. The fourth-order valence-corrected chi connectivity index (χ4v) is 5.63. The van der Waals surface area contributed by atoms with Crippen molar-refractivity contribution in [1.29, 1.82) is 0 Å². The summed E-state index contributed by atoms with van der Waals surface area (Å²) in [5.41, 5.74) is 3.22. The van der Waals surface area contributed by atoms with E-state index in [0.29, 0.717) is 27.8 Å². The number of urea groups is 1. The molecule has 1 unspecified atom stereocenters. The Kier molecular flexibility index (Phi) is 8.67. The number of para-hydroxylation sites is 1. The summed E-state index contributed by atoms with van der Waals surface area (Å²) in [7, 11) is 0. The zero-order valence-corrected chi connectivity index (χ0v) is 23.0. The minimum absolute atomic E-state index is 0.0281. The molecule has 0 aliphatic rings. The molecule has 0 radical (unpaired) electrons. The van der Waals surface area contributed by atoms with Crippen molar-refractivity contribution in [3.8, 4) is 11.3 Å². The first-order chi connectivity index (χ1) is 19.9. The fourth-order valence-electron chi connectivity index (χ4n) is 3.88. The van der Waals surface area contributed by atoms with Crippen LogP contribution in [-0.2, 0) is 4.79 Å². The molecule has 1 atom stereocenters. The molecule has 3 N–H and O–H groups in total. The number of carbonyl (C=O) groups is 2. The van der Waals surface area contributed by atoms with E-state index >= 15 is 0 Å². The lowest BCUT2D eigenvalue weighted by molar-refractivity contribution is -0.384. The highest BCUT2D eigenvalue weighted by molar-refractivity contribution is 8.00. The number of nitrogens with one attached hydrogen (secondary N) is 3. The summed E-state index contributed by atoms with van der Waals surface area (Å²) in [6.07, 6.45) is 0. The Hall–Kier alpha value is -5.00. The minimum atomic E-state index is -0.582. The molecule has 1 aromatic heterocycles. The van der Waals surface area contributed by atoms with Crippen LogP contribution in [0, 0.1) is 10.1 Å². The van der Waals surface area contributed by atoms with Crippen LogP contribution in [0.25, 0.3) is 11.3 Å². The van der Waals surface area contributed by atoms with Crippen LogP contribution >= 0.6 is 23.1 Å². The highest BCUT2D eigenvalue weighted by Gasteiger charge is 2.23. The molecule has 4 aromatic carbocycles. The third-order valence-electron chi connectivity index (χ3n) is 5.83. The third-order valence-corrected chi connectivity index (χ3v) is 7.85. The fraction of sp³-hybridized carbons (Fsp3) is 0.0333. The lowest BCUT2D eigenvalue weighted by Gasteiger charge is -2.16. The number of nitro groups is 1. The number of hydrogen-bond donors (Lipinski definition) is 3. The van der Waals surface area contributed by atoms with Gasteiger partial charge in [0, 0.05) is 39.3 Å². The smallest absolute Gasteiger partial charge is 0.308 e. The predicted octanol–water partition coefficient (Wildman–Crippen LogP) is 7.83. The van der Waals surface area contributed by atoms with Crippen LogP contribution in [0.5, 0.6) is 0 Å². The first-order valence-corrected chi connectivity index (χ1v) is 14.2. The summed E-state index contributed by atoms with van der Waals surface area (Å²) in [6, 6.07) is 31.6. The van der Waals surface area contributed by atoms with E-state index in [9.17, 15) is 19.7 Å². The Morgan fingerprint density at radius 1 is 0.805 bits per heavy atom. The van der Waals surface area contributed by atoms with Gasteiger partial charge in [-0.2, -0.15) is 0 Å². The number of aromatic nitrogens is 1. The van der Waals surface area contributed by atoms with Crippen LogP contribution in [0.3, 0.4) is 0 Å². The van der Waals surface area contributed by atoms with Gasteiger partial charge in [0.1, 0.15) is 5.25 Å². The maximum Gasteiger partial charge on any atom is 0.323 e. The van der Waals surface area contributed by atoms with Crippen molar-refractivity contribution >= 4 is 57.2 Å². The van der Waals surface area contributed by atoms with Gasteiger partial charge in [0.15, 0.2) is 5.13 Å². The number of carbonyl (C=O) groups excluding carboxylic acids is 2. The second kappa shape index (κ2) is 12.9. The highest BCUT2D eigenvalue weighted by Crippen LogP contribution is 2.37. The number of rotatable bonds is 9. The van der Waals surface area contributed by atoms with Crippen LogP contribution in [0.1, 0.15) is 10.8 Å². The molecule has 204 valence electrons. The number of thiazole rings is 1. The van der Waals surface area contributed by atoms with Crippen molar-refractivity contribution in [3.63, 3.8) is 0 Å². The summed E-state index contributed by atoms with van der Waals surface area (Å²) in [4.78, 5) is 41.8. The van der Waals surface area contributed by atoms with Gasteiger partial charge in [-0.3, -0.25) is 14.9 Å². The number of amides is 3. The van der Waals surface area contributed by atoms with Crippen molar-refractivity contribution in [2.75, 3.05) is 16.0 Å². The van der Waals surface area contributed by atoms with Crippen LogP contribution in [0.2, 0.25) is 0 Å². The SMILES string of the molecule is O=C(Nc1ccccc1)Nc1ccc(SC(C(=O)Nc2nc(-c3cccc([N+](=O)[O-])c3)cs2)c2ccccc2)cc1. The molecule has 3 amide bonds. The van der Waals surface area contributed by atoms with E-state index in [0.717, 1.165) is 10.5 Å². The van der Waals surface area contributed by atoms with Crippen molar-refractivity contribution < 1.29 is 14.5 Å². The summed E-state index contributed by atoms with van der Waals surface area (Å²) in [6.45, 7) is 0. The quantitative estimate of drug-likeness (QED) is 0.0925. The summed E-state index contributed by atoms with van der Waals surface area (Å²) in [5, 5.41) is 21.2. The second-order valence-corrected chi connectivity index (χ2v) is 10.7. The highest BCUT2D eigenvalue weighted by atomic mass is 32.2. The van der Waals surface area contributed by atoms with Crippen LogP contribution < -0.4 is 16.0 Å². The van der Waals surface area contributed by atoms with Crippen LogP contribution in [0.4, 0.5) is 27.0 Å². The van der Waals surface area contributed by atoms with E-state index in [4.69, 9.17) is 0 Å². The Morgan fingerprint density at radius 2 is 1.46 bits per heavy atom. The molecule has 0 fully saturated rings. The lowest BCUT2D eigenvalue weighted by Crippen LogP contribution is -2.19. The van der Waals surface area contributed by atoms with Crippen molar-refractivity contribution in [2.24, 2.45) is 0 Å². The second-order valence-electron chi connectivity index (χ2n) is 8.71. The molecule has 0 aliphatic heterocycles. The van der Waals surface area contributed by atoms with E-state index in [2.05, 4.69) is 20.9 Å². The molecular weight excluding hydrogens is 558 g/mol. The molecule has 9 nitrogen and oxygen atoms in total. The lowest BCUT2D eigenvalue weighted by atomic mass is 10.1. The summed E-state index contributed by atoms with van der Waals surface area (Å²) in [5.74, 6) is -0.259. The average Bonchev–Trinajstić information content (AvgIpc) is 3.46. The van der Waals surface area contributed by atoms with Crippen molar-refractivity contribution in [1.82, 2.24) is 4.98 Å². The van der Waals surface area contributed by atoms with Gasteiger partial charge in [-0.15, -0.1) is 23.1 Å². The summed E-state index contributed by atoms with van der Waals surface area (Å²) >= 11 is 2.61.